The average Bonchev–Trinajstić information content (AvgIpc) is 2.73. The molecule has 0 heterocycles. The number of amides is 2. The maximum Gasteiger partial charge on any atom is 0.341 e. The van der Waals surface area contributed by atoms with Gasteiger partial charge in [-0.05, 0) is 56.9 Å². The molecule has 0 aliphatic carbocycles. The van der Waals surface area contributed by atoms with Crippen LogP contribution in [0.2, 0.25) is 0 Å². The molecule has 0 fully saturated rings. The highest BCUT2D eigenvalue weighted by Gasteiger charge is 2.14. The van der Waals surface area contributed by atoms with Crippen LogP contribution in [0.5, 0.6) is 5.75 Å². The number of benzene rings is 1. The Morgan fingerprint density at radius 1 is 0.931 bits per heavy atom. The van der Waals surface area contributed by atoms with Gasteiger partial charge in [-0.2, -0.15) is 0 Å². The lowest BCUT2D eigenvalue weighted by atomic mass is 10.1. The Morgan fingerprint density at radius 2 is 1.52 bits per heavy atom. The van der Waals surface area contributed by atoms with Crippen molar-refractivity contribution >= 4 is 17.8 Å². The molecule has 0 aliphatic heterocycles. The number of hydrogen-bond donors (Lipinski definition) is 2. The summed E-state index contributed by atoms with van der Waals surface area (Å²) < 4.78 is 11.1. The van der Waals surface area contributed by atoms with Crippen LogP contribution in [0.15, 0.2) is 43.5 Å². The summed E-state index contributed by atoms with van der Waals surface area (Å²) in [4.78, 5) is 34.5. The Kier molecular flexibility index (Phi) is 11.5. The number of carbonyl (C=O) groups excluding carboxylic acids is 3. The topological polar surface area (TPSA) is 93.7 Å². The molecule has 2 N–H and O–H groups in total. The molecule has 0 spiro atoms. The summed E-state index contributed by atoms with van der Waals surface area (Å²) in [6.45, 7) is 10.4. The second kappa shape index (κ2) is 14.0. The molecule has 0 radical (unpaired) electrons. The standard InChI is InChI=1S/C22H30N2O5/c1-4-20(25)23-12-6-8-14-28-19-11-10-17(3)16-18(19)22(27)29-15-9-7-13-24-21(26)5-2/h4-5,10-11,16H,1-2,6-9,12-15H2,3H3,(H,23,25)(H,24,26). The van der Waals surface area contributed by atoms with Crippen LogP contribution in [0.4, 0.5) is 0 Å². The quantitative estimate of drug-likeness (QED) is 0.283. The van der Waals surface area contributed by atoms with Gasteiger partial charge in [0, 0.05) is 13.1 Å². The summed E-state index contributed by atoms with van der Waals surface area (Å²) in [5.74, 6) is -0.366. The lowest BCUT2D eigenvalue weighted by molar-refractivity contribution is -0.117. The molecule has 0 saturated carbocycles. The van der Waals surface area contributed by atoms with Crippen molar-refractivity contribution in [3.63, 3.8) is 0 Å². The Hall–Kier alpha value is -3.09. The second-order valence-corrected chi connectivity index (χ2v) is 6.39. The van der Waals surface area contributed by atoms with E-state index in [1.807, 2.05) is 13.0 Å². The zero-order valence-corrected chi connectivity index (χ0v) is 17.0. The number of aryl methyl sites for hydroxylation is 1. The van der Waals surface area contributed by atoms with Crippen molar-refractivity contribution in [3.05, 3.63) is 54.6 Å². The van der Waals surface area contributed by atoms with Gasteiger partial charge in [-0.1, -0.05) is 24.8 Å². The Bertz CT molecular complexity index is 715. The highest BCUT2D eigenvalue weighted by molar-refractivity contribution is 5.92. The van der Waals surface area contributed by atoms with Crippen LogP contribution in [0.1, 0.15) is 41.6 Å². The predicted molar refractivity (Wildman–Crippen MR) is 112 cm³/mol. The van der Waals surface area contributed by atoms with E-state index in [1.54, 1.807) is 12.1 Å². The first-order valence-corrected chi connectivity index (χ1v) is 9.69. The molecule has 0 bridgehead atoms. The molecule has 0 aliphatic rings. The lowest BCUT2D eigenvalue weighted by Crippen LogP contribution is -2.22. The zero-order chi connectivity index (χ0) is 21.5. The van der Waals surface area contributed by atoms with Gasteiger partial charge < -0.3 is 20.1 Å². The smallest absolute Gasteiger partial charge is 0.341 e. The highest BCUT2D eigenvalue weighted by Crippen LogP contribution is 2.21. The summed E-state index contributed by atoms with van der Waals surface area (Å²) in [6, 6.07) is 5.38. The van der Waals surface area contributed by atoms with Crippen LogP contribution >= 0.6 is 0 Å². The van der Waals surface area contributed by atoms with E-state index >= 15 is 0 Å². The molecule has 1 aromatic rings. The minimum Gasteiger partial charge on any atom is -0.493 e. The first kappa shape index (κ1) is 23.9. The fourth-order valence-electron chi connectivity index (χ4n) is 2.38. The van der Waals surface area contributed by atoms with Crippen LogP contribution < -0.4 is 15.4 Å². The molecule has 0 saturated heterocycles. The molecule has 29 heavy (non-hydrogen) atoms. The molecule has 158 valence electrons. The molecule has 1 aromatic carbocycles. The molecule has 1 rings (SSSR count). The van der Waals surface area contributed by atoms with Crippen molar-refractivity contribution in [1.29, 1.82) is 0 Å². The molecule has 0 unspecified atom stereocenters. The molecular weight excluding hydrogens is 372 g/mol. The first-order chi connectivity index (χ1) is 14.0. The van der Waals surface area contributed by atoms with Gasteiger partial charge in [0.25, 0.3) is 0 Å². The van der Waals surface area contributed by atoms with E-state index in [0.717, 1.165) is 18.4 Å². The minimum atomic E-state index is -0.433. The van der Waals surface area contributed by atoms with Gasteiger partial charge in [0.05, 0.1) is 13.2 Å². The zero-order valence-electron chi connectivity index (χ0n) is 17.0. The maximum atomic E-state index is 12.4. The number of nitrogens with one attached hydrogen (secondary N) is 2. The first-order valence-electron chi connectivity index (χ1n) is 9.69. The SMILES string of the molecule is C=CC(=O)NCCCCOC(=O)c1cc(C)ccc1OCCCCNC(=O)C=C. The predicted octanol–water partition coefficient (Wildman–Crippen LogP) is 2.70. The largest absolute Gasteiger partial charge is 0.493 e. The van der Waals surface area contributed by atoms with Crippen LogP contribution in [0.3, 0.4) is 0 Å². The van der Waals surface area contributed by atoms with Crippen molar-refractivity contribution in [2.24, 2.45) is 0 Å². The van der Waals surface area contributed by atoms with Crippen LogP contribution in [0, 0.1) is 6.92 Å². The normalized spacial score (nSPS) is 9.97. The highest BCUT2D eigenvalue weighted by atomic mass is 16.5. The molecule has 7 nitrogen and oxygen atoms in total. The number of esters is 1. The molecule has 7 heteroatoms. The van der Waals surface area contributed by atoms with Gasteiger partial charge in [-0.3, -0.25) is 9.59 Å². The Balaban J connectivity index is 2.39. The van der Waals surface area contributed by atoms with E-state index in [0.29, 0.717) is 43.9 Å². The van der Waals surface area contributed by atoms with Crippen molar-refractivity contribution in [2.75, 3.05) is 26.3 Å². The van der Waals surface area contributed by atoms with E-state index in [9.17, 15) is 14.4 Å². The fraction of sp³-hybridized carbons (Fsp3) is 0.409. The average molecular weight is 402 g/mol. The van der Waals surface area contributed by atoms with Crippen molar-refractivity contribution in [3.8, 4) is 5.75 Å². The number of carbonyl (C=O) groups is 3. The van der Waals surface area contributed by atoms with E-state index in [4.69, 9.17) is 9.47 Å². The summed E-state index contributed by atoms with van der Waals surface area (Å²) in [5, 5.41) is 5.37. The molecule has 0 atom stereocenters. The lowest BCUT2D eigenvalue weighted by Gasteiger charge is -2.12. The van der Waals surface area contributed by atoms with E-state index in [-0.39, 0.29) is 18.4 Å². The second-order valence-electron chi connectivity index (χ2n) is 6.39. The third-order valence-corrected chi connectivity index (χ3v) is 3.96. The minimum absolute atomic E-state index is 0.197. The molecule has 2 amide bonds. The van der Waals surface area contributed by atoms with Crippen molar-refractivity contribution in [2.45, 2.75) is 32.6 Å². The molecular formula is C22H30N2O5. The van der Waals surface area contributed by atoms with Crippen LogP contribution in [-0.2, 0) is 14.3 Å². The number of rotatable bonds is 14. The van der Waals surface area contributed by atoms with Crippen LogP contribution in [0.25, 0.3) is 0 Å². The summed E-state index contributed by atoms with van der Waals surface area (Å²) in [6.07, 6.45) is 5.28. The van der Waals surface area contributed by atoms with E-state index in [1.165, 1.54) is 12.2 Å². The van der Waals surface area contributed by atoms with E-state index in [2.05, 4.69) is 23.8 Å². The van der Waals surface area contributed by atoms with Gasteiger partial charge in [-0.15, -0.1) is 0 Å². The summed E-state index contributed by atoms with van der Waals surface area (Å²) in [7, 11) is 0. The summed E-state index contributed by atoms with van der Waals surface area (Å²) >= 11 is 0. The number of ether oxygens (including phenoxy) is 2. The Labute approximate surface area is 172 Å². The monoisotopic (exact) mass is 402 g/mol. The van der Waals surface area contributed by atoms with Gasteiger partial charge in [-0.25, -0.2) is 4.79 Å². The van der Waals surface area contributed by atoms with E-state index < -0.39 is 5.97 Å². The van der Waals surface area contributed by atoms with Gasteiger partial charge >= 0.3 is 5.97 Å². The number of hydrogen-bond acceptors (Lipinski definition) is 5. The van der Waals surface area contributed by atoms with Crippen LogP contribution in [-0.4, -0.2) is 44.1 Å². The van der Waals surface area contributed by atoms with Crippen molar-refractivity contribution in [1.82, 2.24) is 10.6 Å². The summed E-state index contributed by atoms with van der Waals surface area (Å²) in [5.41, 5.74) is 1.33. The van der Waals surface area contributed by atoms with Gasteiger partial charge in [0.1, 0.15) is 11.3 Å². The Morgan fingerprint density at radius 3 is 2.10 bits per heavy atom. The fourth-order valence-corrected chi connectivity index (χ4v) is 2.38. The van der Waals surface area contributed by atoms with Gasteiger partial charge in [0.15, 0.2) is 0 Å². The van der Waals surface area contributed by atoms with Crippen molar-refractivity contribution < 1.29 is 23.9 Å². The number of unbranched alkanes of at least 4 members (excludes halogenated alkanes) is 2. The maximum absolute atomic E-state index is 12.4. The third-order valence-electron chi connectivity index (χ3n) is 3.96. The third kappa shape index (κ3) is 10.1. The molecule has 0 aromatic heterocycles. The van der Waals surface area contributed by atoms with Gasteiger partial charge in [0.2, 0.25) is 11.8 Å².